The summed E-state index contributed by atoms with van der Waals surface area (Å²) in [7, 11) is 0. The Labute approximate surface area is 184 Å². The number of H-pyrrole nitrogens is 1. The first kappa shape index (κ1) is 22.2. The summed E-state index contributed by atoms with van der Waals surface area (Å²) in [6.45, 7) is 2.00. The molecule has 4 nitrogen and oxygen atoms in total. The highest BCUT2D eigenvalue weighted by molar-refractivity contribution is 5.87. The number of aromatic amines is 1. The van der Waals surface area contributed by atoms with Gasteiger partial charge in [0.2, 0.25) is 0 Å². The molecule has 0 aliphatic heterocycles. The lowest BCUT2D eigenvalue weighted by molar-refractivity contribution is -0.138. The minimum Gasteiger partial charge on any atom is -0.489 e. The second kappa shape index (κ2) is 8.88. The van der Waals surface area contributed by atoms with Gasteiger partial charge < -0.3 is 14.8 Å². The molecule has 1 aliphatic rings. The molecule has 1 aromatic heterocycles. The number of ether oxygens (including phenoxy) is 1. The molecule has 0 amide bonds. The molecule has 0 fully saturated rings. The van der Waals surface area contributed by atoms with Crippen LogP contribution in [0.3, 0.4) is 0 Å². The molecular weight excluding hydrogens is 419 g/mol. The standard InChI is InChI=1S/C25H26F3NO3/c1-2-3-4-16-6-5-15(11-21(16)25(26,27)28)14-32-18-8-10-22-20(13-18)19-9-7-17(12-23(30)31)24(19)29-22/h5-6,8,10-11,13,17,29H,2-4,7,9,12,14H2,1H3,(H,30,31). The quantitative estimate of drug-likeness (QED) is 0.410. The molecule has 1 heterocycles. The van der Waals surface area contributed by atoms with Crippen LogP contribution in [-0.2, 0) is 30.4 Å². The lowest BCUT2D eigenvalue weighted by atomic mass is 9.99. The number of carbonyl (C=O) groups is 1. The van der Waals surface area contributed by atoms with Crippen LogP contribution >= 0.6 is 0 Å². The highest BCUT2D eigenvalue weighted by Crippen LogP contribution is 2.40. The summed E-state index contributed by atoms with van der Waals surface area (Å²) in [5, 5.41) is 10.1. The highest BCUT2D eigenvalue weighted by Gasteiger charge is 2.33. The Balaban J connectivity index is 1.53. The predicted octanol–water partition coefficient (Wildman–Crippen LogP) is 6.61. The molecule has 2 N–H and O–H groups in total. The van der Waals surface area contributed by atoms with Crippen molar-refractivity contribution in [3.63, 3.8) is 0 Å². The first-order chi connectivity index (χ1) is 15.3. The number of nitrogens with one attached hydrogen (secondary N) is 1. The van der Waals surface area contributed by atoms with Crippen LogP contribution in [0.5, 0.6) is 5.75 Å². The molecule has 3 aromatic rings. The van der Waals surface area contributed by atoms with E-state index >= 15 is 0 Å². The molecule has 1 unspecified atom stereocenters. The lowest BCUT2D eigenvalue weighted by Crippen LogP contribution is -2.10. The lowest BCUT2D eigenvalue weighted by Gasteiger charge is -2.15. The second-order valence-electron chi connectivity index (χ2n) is 8.44. The third-order valence-corrected chi connectivity index (χ3v) is 6.17. The van der Waals surface area contributed by atoms with Gasteiger partial charge in [-0.25, -0.2) is 0 Å². The van der Waals surface area contributed by atoms with Gasteiger partial charge in [0.25, 0.3) is 0 Å². The first-order valence-electron chi connectivity index (χ1n) is 10.9. The van der Waals surface area contributed by atoms with Crippen LogP contribution in [-0.4, -0.2) is 16.1 Å². The van der Waals surface area contributed by atoms with E-state index in [1.807, 2.05) is 19.1 Å². The number of aryl methyl sites for hydroxylation is 2. The fourth-order valence-corrected chi connectivity index (χ4v) is 4.56. The van der Waals surface area contributed by atoms with Gasteiger partial charge in [0, 0.05) is 22.5 Å². The van der Waals surface area contributed by atoms with Crippen LogP contribution in [0.1, 0.15) is 66.5 Å². The van der Waals surface area contributed by atoms with E-state index in [2.05, 4.69) is 4.98 Å². The smallest absolute Gasteiger partial charge is 0.416 e. The zero-order valence-corrected chi connectivity index (χ0v) is 17.9. The van der Waals surface area contributed by atoms with E-state index in [9.17, 15) is 18.0 Å². The summed E-state index contributed by atoms with van der Waals surface area (Å²) >= 11 is 0. The van der Waals surface area contributed by atoms with E-state index in [4.69, 9.17) is 9.84 Å². The van der Waals surface area contributed by atoms with Crippen molar-refractivity contribution >= 4 is 16.9 Å². The van der Waals surface area contributed by atoms with Crippen LogP contribution < -0.4 is 4.74 Å². The normalized spacial score (nSPS) is 15.8. The minimum atomic E-state index is -4.39. The Morgan fingerprint density at radius 3 is 2.75 bits per heavy atom. The Kier molecular flexibility index (Phi) is 6.17. The van der Waals surface area contributed by atoms with Gasteiger partial charge in [0.1, 0.15) is 12.4 Å². The third-order valence-electron chi connectivity index (χ3n) is 6.17. The fourth-order valence-electron chi connectivity index (χ4n) is 4.56. The van der Waals surface area contributed by atoms with Crippen molar-refractivity contribution in [1.82, 2.24) is 4.98 Å². The number of aromatic nitrogens is 1. The van der Waals surface area contributed by atoms with Crippen molar-refractivity contribution in [1.29, 1.82) is 0 Å². The Bertz CT molecular complexity index is 1130. The summed E-state index contributed by atoms with van der Waals surface area (Å²) < 4.78 is 46.4. The fraction of sp³-hybridized carbons (Fsp3) is 0.400. The number of halogens is 3. The number of benzene rings is 2. The minimum absolute atomic E-state index is 0.0220. The predicted molar refractivity (Wildman–Crippen MR) is 116 cm³/mol. The van der Waals surface area contributed by atoms with Crippen molar-refractivity contribution in [3.05, 3.63) is 64.3 Å². The SMILES string of the molecule is CCCCc1ccc(COc2ccc3[nH]c4c(c3c2)CCC4CC(=O)O)cc1C(F)(F)F. The van der Waals surface area contributed by atoms with Crippen LogP contribution in [0.4, 0.5) is 13.2 Å². The molecule has 2 aromatic carbocycles. The number of carboxylic acid groups (broad SMARTS) is 1. The molecule has 1 aliphatic carbocycles. The summed E-state index contributed by atoms with van der Waals surface area (Å²) in [5.41, 5.74) is 3.20. The van der Waals surface area contributed by atoms with Crippen LogP contribution in [0.2, 0.25) is 0 Å². The number of fused-ring (bicyclic) bond motifs is 3. The van der Waals surface area contributed by atoms with Crippen molar-refractivity contribution in [3.8, 4) is 5.75 Å². The van der Waals surface area contributed by atoms with Gasteiger partial charge in [-0.1, -0.05) is 25.5 Å². The first-order valence-corrected chi connectivity index (χ1v) is 10.9. The van der Waals surface area contributed by atoms with E-state index in [0.717, 1.165) is 41.4 Å². The van der Waals surface area contributed by atoms with E-state index in [1.54, 1.807) is 18.2 Å². The average molecular weight is 445 g/mol. The van der Waals surface area contributed by atoms with Crippen LogP contribution in [0, 0.1) is 0 Å². The summed E-state index contributed by atoms with van der Waals surface area (Å²) in [6.07, 6.45) is -0.748. The Hall–Kier alpha value is -2.96. The number of unbranched alkanes of at least 4 members (excludes halogenated alkanes) is 1. The van der Waals surface area contributed by atoms with Crippen molar-refractivity contribution in [2.24, 2.45) is 0 Å². The van der Waals surface area contributed by atoms with Gasteiger partial charge in [0.15, 0.2) is 0 Å². The van der Waals surface area contributed by atoms with Crippen LogP contribution in [0.25, 0.3) is 10.9 Å². The zero-order valence-electron chi connectivity index (χ0n) is 17.9. The van der Waals surface area contributed by atoms with Gasteiger partial charge in [-0.2, -0.15) is 13.2 Å². The molecule has 1 atom stereocenters. The van der Waals surface area contributed by atoms with Crippen molar-refractivity contribution in [2.75, 3.05) is 0 Å². The third kappa shape index (κ3) is 4.61. The number of hydrogen-bond donors (Lipinski definition) is 2. The molecule has 0 saturated heterocycles. The van der Waals surface area contributed by atoms with Gasteiger partial charge >= 0.3 is 12.1 Å². The number of carboxylic acids is 1. The number of alkyl halides is 3. The van der Waals surface area contributed by atoms with E-state index < -0.39 is 17.7 Å². The molecule has 0 saturated carbocycles. The number of rotatable bonds is 8. The van der Waals surface area contributed by atoms with Gasteiger partial charge in [0.05, 0.1) is 12.0 Å². The van der Waals surface area contributed by atoms with Gasteiger partial charge in [-0.15, -0.1) is 0 Å². The maximum absolute atomic E-state index is 13.5. The summed E-state index contributed by atoms with van der Waals surface area (Å²) in [4.78, 5) is 14.4. The Morgan fingerprint density at radius 1 is 1.22 bits per heavy atom. The number of hydrogen-bond acceptors (Lipinski definition) is 2. The maximum Gasteiger partial charge on any atom is 0.416 e. The molecule has 0 radical (unpaired) electrons. The molecular formula is C25H26F3NO3. The number of aliphatic carboxylic acids is 1. The molecule has 7 heteroatoms. The molecule has 32 heavy (non-hydrogen) atoms. The summed E-state index contributed by atoms with van der Waals surface area (Å²) in [5.74, 6) is -0.264. The van der Waals surface area contributed by atoms with Gasteiger partial charge in [-0.05, 0) is 66.6 Å². The zero-order chi connectivity index (χ0) is 22.9. The maximum atomic E-state index is 13.5. The molecule has 4 rings (SSSR count). The Morgan fingerprint density at radius 2 is 2.03 bits per heavy atom. The summed E-state index contributed by atoms with van der Waals surface area (Å²) in [6, 6.07) is 9.98. The molecule has 0 spiro atoms. The monoisotopic (exact) mass is 445 g/mol. The molecule has 0 bridgehead atoms. The van der Waals surface area contributed by atoms with Crippen LogP contribution in [0.15, 0.2) is 36.4 Å². The highest BCUT2D eigenvalue weighted by atomic mass is 19.4. The molecule has 170 valence electrons. The largest absolute Gasteiger partial charge is 0.489 e. The topological polar surface area (TPSA) is 62.3 Å². The second-order valence-corrected chi connectivity index (χ2v) is 8.44. The van der Waals surface area contributed by atoms with Crippen molar-refractivity contribution in [2.45, 2.75) is 64.1 Å². The van der Waals surface area contributed by atoms with Crippen molar-refractivity contribution < 1.29 is 27.8 Å². The van der Waals surface area contributed by atoms with Gasteiger partial charge in [-0.3, -0.25) is 4.79 Å². The average Bonchev–Trinajstić information content (AvgIpc) is 3.29. The van der Waals surface area contributed by atoms with E-state index in [-0.39, 0.29) is 18.9 Å². The van der Waals surface area contributed by atoms with E-state index in [1.165, 1.54) is 6.07 Å². The van der Waals surface area contributed by atoms with E-state index in [0.29, 0.717) is 29.7 Å².